The van der Waals surface area contributed by atoms with Gasteiger partial charge < -0.3 is 25.5 Å². The average Bonchev–Trinajstić information content (AvgIpc) is 2.76. The van der Waals surface area contributed by atoms with Gasteiger partial charge >= 0.3 is 17.9 Å². The van der Waals surface area contributed by atoms with Crippen LogP contribution in [-0.4, -0.2) is 54.6 Å². The Labute approximate surface area is 212 Å². The average molecular weight is 505 g/mol. The smallest absolute Gasteiger partial charge is 0.336 e. The normalized spacial score (nSPS) is 11.6. The fourth-order valence-electron chi connectivity index (χ4n) is 4.06. The van der Waals surface area contributed by atoms with E-state index in [1.54, 1.807) is 0 Å². The number of carboxylic acid groups (broad SMARTS) is 3. The van der Waals surface area contributed by atoms with Crippen LogP contribution < -0.4 is 0 Å². The van der Waals surface area contributed by atoms with Crippen LogP contribution in [0.1, 0.15) is 143 Å². The molecule has 0 aromatic carbocycles. The van der Waals surface area contributed by atoms with Gasteiger partial charge in [-0.2, -0.15) is 0 Å². The Morgan fingerprint density at radius 1 is 0.514 bits per heavy atom. The van der Waals surface area contributed by atoms with E-state index in [0.717, 1.165) is 19.3 Å². The van der Waals surface area contributed by atoms with E-state index in [4.69, 9.17) is 20.4 Å². The molecule has 35 heavy (non-hydrogen) atoms. The van der Waals surface area contributed by atoms with E-state index in [1.165, 1.54) is 89.9 Å². The summed E-state index contributed by atoms with van der Waals surface area (Å²) in [5.41, 5.74) is -3.09. The molecule has 5 N–H and O–H groups in total. The summed E-state index contributed by atoms with van der Waals surface area (Å²) in [7, 11) is 0. The molecule has 0 saturated heterocycles. The summed E-state index contributed by atoms with van der Waals surface area (Å²) in [6.07, 6.45) is 19.1. The summed E-state index contributed by atoms with van der Waals surface area (Å²) in [5, 5.41) is 44.8. The van der Waals surface area contributed by atoms with E-state index in [1.807, 2.05) is 0 Å². The van der Waals surface area contributed by atoms with Gasteiger partial charge in [-0.1, -0.05) is 111 Å². The first-order valence-corrected chi connectivity index (χ1v) is 13.6. The van der Waals surface area contributed by atoms with Crippen molar-refractivity contribution in [3.8, 4) is 0 Å². The highest BCUT2D eigenvalue weighted by atomic mass is 16.4. The lowest BCUT2D eigenvalue weighted by Crippen LogP contribution is -2.42. The van der Waals surface area contributed by atoms with E-state index >= 15 is 0 Å². The molecule has 208 valence electrons. The molecule has 0 radical (unpaired) electrons. The predicted molar refractivity (Wildman–Crippen MR) is 138 cm³/mol. The van der Waals surface area contributed by atoms with Crippen molar-refractivity contribution < 1.29 is 39.9 Å². The highest BCUT2D eigenvalue weighted by Gasteiger charge is 2.40. The highest BCUT2D eigenvalue weighted by Crippen LogP contribution is 2.28. The van der Waals surface area contributed by atoms with Crippen molar-refractivity contribution in [2.24, 2.45) is 0 Å². The zero-order valence-electron chi connectivity index (χ0n) is 22.4. The molecular formula is C27H52O8. The number of carboxylic acids is 3. The minimum Gasteiger partial charge on any atom is -0.481 e. The molecule has 8 heteroatoms. The largest absolute Gasteiger partial charge is 0.481 e. The van der Waals surface area contributed by atoms with Gasteiger partial charge in [-0.25, -0.2) is 4.79 Å². The van der Waals surface area contributed by atoms with Crippen molar-refractivity contribution in [2.75, 3.05) is 0 Å². The van der Waals surface area contributed by atoms with Crippen LogP contribution in [0.15, 0.2) is 0 Å². The van der Waals surface area contributed by atoms with Gasteiger partial charge in [0.2, 0.25) is 0 Å². The van der Waals surface area contributed by atoms with E-state index in [2.05, 4.69) is 20.8 Å². The number of rotatable bonds is 22. The van der Waals surface area contributed by atoms with Crippen LogP contribution in [0.25, 0.3) is 0 Å². The molecule has 0 aliphatic rings. The van der Waals surface area contributed by atoms with Gasteiger partial charge in [0.1, 0.15) is 0 Å². The standard InChI is InChI=1S/C21H44O.C6H8O7/c1-4-7-10-12-14-16-19-21(22,18-9-6-3)20-17-15-13-11-8-5-2;7-3(8)1-6(13,5(11)12)2-4(9)10/h22H,4-20H2,1-3H3;13H,1-2H2,(H,7,8)(H,9,10)(H,11,12). The van der Waals surface area contributed by atoms with Gasteiger partial charge in [0, 0.05) is 0 Å². The zero-order valence-corrected chi connectivity index (χ0v) is 22.4. The maximum Gasteiger partial charge on any atom is 0.336 e. The van der Waals surface area contributed by atoms with E-state index in [0.29, 0.717) is 0 Å². The lowest BCUT2D eigenvalue weighted by Gasteiger charge is -2.28. The third kappa shape index (κ3) is 21.3. The van der Waals surface area contributed by atoms with Crippen molar-refractivity contribution in [1.82, 2.24) is 0 Å². The molecule has 0 heterocycles. The van der Waals surface area contributed by atoms with Crippen LogP contribution in [0.5, 0.6) is 0 Å². The minimum atomic E-state index is -2.74. The third-order valence-electron chi connectivity index (χ3n) is 6.27. The Hall–Kier alpha value is -1.67. The molecule has 0 rings (SSSR count). The van der Waals surface area contributed by atoms with Crippen LogP contribution in [0, 0.1) is 0 Å². The van der Waals surface area contributed by atoms with Crippen molar-refractivity contribution in [1.29, 1.82) is 0 Å². The monoisotopic (exact) mass is 504 g/mol. The summed E-state index contributed by atoms with van der Waals surface area (Å²) < 4.78 is 0. The van der Waals surface area contributed by atoms with Crippen LogP contribution in [0.2, 0.25) is 0 Å². The fraction of sp³-hybridized carbons (Fsp3) is 0.889. The van der Waals surface area contributed by atoms with Crippen LogP contribution >= 0.6 is 0 Å². The molecule has 0 saturated carbocycles. The van der Waals surface area contributed by atoms with E-state index in [9.17, 15) is 19.5 Å². The van der Waals surface area contributed by atoms with Crippen molar-refractivity contribution in [2.45, 2.75) is 154 Å². The Bertz CT molecular complexity index is 529. The van der Waals surface area contributed by atoms with Gasteiger partial charge in [0.15, 0.2) is 5.60 Å². The quantitative estimate of drug-likeness (QED) is 0.110. The maximum atomic E-state index is 10.9. The first kappa shape index (κ1) is 35.5. The first-order chi connectivity index (χ1) is 16.5. The number of unbranched alkanes of at least 4 members (excludes halogenated alkanes) is 11. The molecule has 0 fully saturated rings. The van der Waals surface area contributed by atoms with Crippen LogP contribution in [0.3, 0.4) is 0 Å². The third-order valence-corrected chi connectivity index (χ3v) is 6.27. The molecule has 0 unspecified atom stereocenters. The Kier molecular flexibility index (Phi) is 21.9. The van der Waals surface area contributed by atoms with Gasteiger partial charge in [-0.15, -0.1) is 0 Å². The molecular weight excluding hydrogens is 452 g/mol. The lowest BCUT2D eigenvalue weighted by molar-refractivity contribution is -0.170. The van der Waals surface area contributed by atoms with Gasteiger partial charge in [0.05, 0.1) is 18.4 Å². The van der Waals surface area contributed by atoms with E-state index in [-0.39, 0.29) is 5.60 Å². The molecule has 0 aliphatic carbocycles. The molecule has 0 aliphatic heterocycles. The molecule has 0 aromatic heterocycles. The van der Waals surface area contributed by atoms with Crippen molar-refractivity contribution in [3.05, 3.63) is 0 Å². The zero-order chi connectivity index (χ0) is 27.2. The summed E-state index contributed by atoms with van der Waals surface area (Å²) in [4.78, 5) is 30.5. The predicted octanol–water partition coefficient (Wildman–Crippen LogP) is 6.16. The summed E-state index contributed by atoms with van der Waals surface area (Å²) in [6.45, 7) is 6.77. The number of carbonyl (C=O) groups is 3. The molecule has 0 amide bonds. The van der Waals surface area contributed by atoms with Crippen molar-refractivity contribution >= 4 is 17.9 Å². The molecule has 8 nitrogen and oxygen atoms in total. The number of aliphatic hydroxyl groups is 2. The Morgan fingerprint density at radius 2 is 0.829 bits per heavy atom. The van der Waals surface area contributed by atoms with Crippen molar-refractivity contribution in [3.63, 3.8) is 0 Å². The summed E-state index contributed by atoms with van der Waals surface area (Å²) in [6, 6.07) is 0. The van der Waals surface area contributed by atoms with Gasteiger partial charge in [0.25, 0.3) is 0 Å². The summed E-state index contributed by atoms with van der Waals surface area (Å²) in [5.74, 6) is -5.02. The first-order valence-electron chi connectivity index (χ1n) is 13.6. The number of hydrogen-bond donors (Lipinski definition) is 5. The Morgan fingerprint density at radius 3 is 1.14 bits per heavy atom. The van der Waals surface area contributed by atoms with E-state index < -0.39 is 36.4 Å². The fourth-order valence-corrected chi connectivity index (χ4v) is 4.06. The molecule has 0 atom stereocenters. The topological polar surface area (TPSA) is 152 Å². The van der Waals surface area contributed by atoms with Crippen LogP contribution in [0.4, 0.5) is 0 Å². The molecule has 0 spiro atoms. The highest BCUT2D eigenvalue weighted by molar-refractivity contribution is 5.88. The lowest BCUT2D eigenvalue weighted by atomic mass is 9.85. The Balaban J connectivity index is 0. The SMILES string of the molecule is CCCCCCCCC(O)(CCCC)CCCCCCCC.O=C(O)CC(O)(CC(=O)O)C(=O)O. The number of aliphatic carboxylic acids is 3. The minimum absolute atomic E-state index is 0.356. The molecule has 0 aromatic rings. The second-order valence-electron chi connectivity index (χ2n) is 9.84. The van der Waals surface area contributed by atoms with Crippen LogP contribution in [-0.2, 0) is 14.4 Å². The second-order valence-corrected chi connectivity index (χ2v) is 9.84. The van der Waals surface area contributed by atoms with Gasteiger partial charge in [-0.3, -0.25) is 9.59 Å². The number of hydrogen-bond acceptors (Lipinski definition) is 5. The summed E-state index contributed by atoms with van der Waals surface area (Å²) >= 11 is 0. The second kappa shape index (κ2) is 21.6. The molecule has 0 bridgehead atoms. The maximum absolute atomic E-state index is 10.9. The van der Waals surface area contributed by atoms with Gasteiger partial charge in [-0.05, 0) is 19.3 Å².